The maximum Gasteiger partial charge on any atom is 0.265 e. The van der Waals surface area contributed by atoms with Gasteiger partial charge in [0.1, 0.15) is 4.88 Å². The standard InChI is InChI=1S/C11H16BrN3OS/c1-9-13-8-10(17-9)11(16)15-6-4-14(3-2-12)5-7-15/h8H,2-7H2,1H3. The van der Waals surface area contributed by atoms with Gasteiger partial charge in [0, 0.05) is 38.1 Å². The molecule has 0 aliphatic carbocycles. The SMILES string of the molecule is Cc1ncc(C(=O)N2CCN(CCBr)CC2)s1. The van der Waals surface area contributed by atoms with Gasteiger partial charge in [-0.3, -0.25) is 9.69 Å². The largest absolute Gasteiger partial charge is 0.335 e. The van der Waals surface area contributed by atoms with E-state index in [2.05, 4.69) is 25.8 Å². The molecule has 4 nitrogen and oxygen atoms in total. The summed E-state index contributed by atoms with van der Waals surface area (Å²) in [5.41, 5.74) is 0. The van der Waals surface area contributed by atoms with Crippen LogP contribution in [-0.2, 0) is 0 Å². The van der Waals surface area contributed by atoms with Crippen molar-refractivity contribution in [1.29, 1.82) is 0 Å². The predicted octanol–water partition coefficient (Wildman–Crippen LogP) is 1.60. The van der Waals surface area contributed by atoms with E-state index >= 15 is 0 Å². The van der Waals surface area contributed by atoms with Gasteiger partial charge in [0.15, 0.2) is 0 Å². The molecule has 1 aromatic rings. The fourth-order valence-corrected chi connectivity index (χ4v) is 3.16. The summed E-state index contributed by atoms with van der Waals surface area (Å²) in [6.45, 7) is 6.56. The Balaban J connectivity index is 1.90. The smallest absolute Gasteiger partial charge is 0.265 e. The molecule has 6 heteroatoms. The van der Waals surface area contributed by atoms with Gasteiger partial charge in [0.2, 0.25) is 0 Å². The zero-order valence-electron chi connectivity index (χ0n) is 9.86. The molecular formula is C11H16BrN3OS. The molecule has 0 spiro atoms. The lowest BCUT2D eigenvalue weighted by Crippen LogP contribution is -2.48. The minimum Gasteiger partial charge on any atom is -0.335 e. The van der Waals surface area contributed by atoms with Crippen LogP contribution in [0.15, 0.2) is 6.20 Å². The average molecular weight is 318 g/mol. The second kappa shape index (κ2) is 5.93. The summed E-state index contributed by atoms with van der Waals surface area (Å²) in [5.74, 6) is 0.133. The monoisotopic (exact) mass is 317 g/mol. The van der Waals surface area contributed by atoms with Gasteiger partial charge in [0.25, 0.3) is 5.91 Å². The van der Waals surface area contributed by atoms with Crippen molar-refractivity contribution in [1.82, 2.24) is 14.8 Å². The molecule has 0 radical (unpaired) electrons. The summed E-state index contributed by atoms with van der Waals surface area (Å²) < 4.78 is 0. The van der Waals surface area contributed by atoms with Gasteiger partial charge in [-0.2, -0.15) is 0 Å². The van der Waals surface area contributed by atoms with Gasteiger partial charge >= 0.3 is 0 Å². The second-order valence-corrected chi connectivity index (χ2v) is 6.09. The zero-order chi connectivity index (χ0) is 12.3. The number of carbonyl (C=O) groups is 1. The lowest BCUT2D eigenvalue weighted by atomic mass is 10.3. The zero-order valence-corrected chi connectivity index (χ0v) is 12.3. The summed E-state index contributed by atoms with van der Waals surface area (Å²) in [6.07, 6.45) is 1.69. The highest BCUT2D eigenvalue weighted by Gasteiger charge is 2.22. The van der Waals surface area contributed by atoms with E-state index < -0.39 is 0 Å². The highest BCUT2D eigenvalue weighted by atomic mass is 79.9. The Morgan fingerprint density at radius 3 is 2.71 bits per heavy atom. The van der Waals surface area contributed by atoms with E-state index in [0.29, 0.717) is 0 Å². The Labute approximate surface area is 114 Å². The Morgan fingerprint density at radius 2 is 2.18 bits per heavy atom. The number of rotatable bonds is 3. The Kier molecular flexibility index (Phi) is 4.53. The van der Waals surface area contributed by atoms with Crippen LogP contribution in [0.4, 0.5) is 0 Å². The molecule has 0 bridgehead atoms. The maximum atomic E-state index is 12.1. The van der Waals surface area contributed by atoms with Crippen LogP contribution < -0.4 is 0 Å². The second-order valence-electron chi connectivity index (χ2n) is 4.07. The van der Waals surface area contributed by atoms with Crippen LogP contribution in [0.3, 0.4) is 0 Å². The van der Waals surface area contributed by atoms with E-state index in [1.807, 2.05) is 11.8 Å². The number of amides is 1. The molecular weight excluding hydrogens is 302 g/mol. The van der Waals surface area contributed by atoms with Gasteiger partial charge in [0.05, 0.1) is 11.2 Å². The molecule has 1 fully saturated rings. The molecule has 1 aromatic heterocycles. The number of piperazine rings is 1. The van der Waals surface area contributed by atoms with Crippen molar-refractivity contribution < 1.29 is 4.79 Å². The minimum absolute atomic E-state index is 0.133. The van der Waals surface area contributed by atoms with Gasteiger partial charge in [-0.25, -0.2) is 4.98 Å². The van der Waals surface area contributed by atoms with Crippen molar-refractivity contribution in [2.45, 2.75) is 6.92 Å². The number of thiazole rings is 1. The van der Waals surface area contributed by atoms with Crippen molar-refractivity contribution in [3.63, 3.8) is 0 Å². The first-order chi connectivity index (χ1) is 8.20. The van der Waals surface area contributed by atoms with Gasteiger partial charge in [-0.1, -0.05) is 15.9 Å². The van der Waals surface area contributed by atoms with E-state index in [0.717, 1.165) is 47.9 Å². The van der Waals surface area contributed by atoms with Gasteiger partial charge in [-0.15, -0.1) is 11.3 Å². The Bertz CT molecular complexity index is 388. The summed E-state index contributed by atoms with van der Waals surface area (Å²) in [4.78, 5) is 21.3. The van der Waals surface area contributed by atoms with E-state index in [4.69, 9.17) is 0 Å². The molecule has 17 heavy (non-hydrogen) atoms. The summed E-state index contributed by atoms with van der Waals surface area (Å²) in [7, 11) is 0. The number of halogens is 1. The third-order valence-corrected chi connectivity index (χ3v) is 4.15. The maximum absolute atomic E-state index is 12.1. The highest BCUT2D eigenvalue weighted by molar-refractivity contribution is 9.09. The lowest BCUT2D eigenvalue weighted by molar-refractivity contribution is 0.0649. The molecule has 1 amide bonds. The van der Waals surface area contributed by atoms with Crippen molar-refractivity contribution in [3.05, 3.63) is 16.1 Å². The first-order valence-electron chi connectivity index (χ1n) is 5.70. The first kappa shape index (κ1) is 13.0. The van der Waals surface area contributed by atoms with Crippen LogP contribution >= 0.6 is 27.3 Å². The number of aryl methyl sites for hydroxylation is 1. The number of aromatic nitrogens is 1. The summed E-state index contributed by atoms with van der Waals surface area (Å²) in [5, 5.41) is 1.95. The Hall–Kier alpha value is -0.460. The first-order valence-corrected chi connectivity index (χ1v) is 7.64. The van der Waals surface area contributed by atoms with Crippen molar-refractivity contribution in [2.24, 2.45) is 0 Å². The van der Waals surface area contributed by atoms with Gasteiger partial charge < -0.3 is 4.90 Å². The average Bonchev–Trinajstić information content (AvgIpc) is 2.76. The van der Waals surface area contributed by atoms with E-state index in [1.165, 1.54) is 11.3 Å². The van der Waals surface area contributed by atoms with E-state index in [-0.39, 0.29) is 5.91 Å². The van der Waals surface area contributed by atoms with Crippen LogP contribution in [0.2, 0.25) is 0 Å². The number of hydrogen-bond donors (Lipinski definition) is 0. The predicted molar refractivity (Wildman–Crippen MR) is 73.0 cm³/mol. The molecule has 0 saturated carbocycles. The third-order valence-electron chi connectivity index (χ3n) is 2.89. The van der Waals surface area contributed by atoms with E-state index in [9.17, 15) is 4.79 Å². The fourth-order valence-electron chi connectivity index (χ4n) is 1.91. The van der Waals surface area contributed by atoms with Crippen molar-refractivity contribution in [2.75, 3.05) is 38.1 Å². The molecule has 2 rings (SSSR count). The highest BCUT2D eigenvalue weighted by Crippen LogP contribution is 2.15. The van der Waals surface area contributed by atoms with Crippen LogP contribution in [-0.4, -0.2) is 58.7 Å². The third kappa shape index (κ3) is 3.26. The van der Waals surface area contributed by atoms with Crippen LogP contribution in [0, 0.1) is 6.92 Å². The number of alkyl halides is 1. The normalized spacial score (nSPS) is 17.4. The number of hydrogen-bond acceptors (Lipinski definition) is 4. The summed E-state index contributed by atoms with van der Waals surface area (Å²) >= 11 is 4.92. The molecule has 0 unspecified atom stereocenters. The molecule has 0 N–H and O–H groups in total. The van der Waals surface area contributed by atoms with Crippen molar-refractivity contribution in [3.8, 4) is 0 Å². The molecule has 0 atom stereocenters. The van der Waals surface area contributed by atoms with E-state index in [1.54, 1.807) is 6.20 Å². The van der Waals surface area contributed by atoms with Gasteiger partial charge in [-0.05, 0) is 6.92 Å². The van der Waals surface area contributed by atoms with Crippen LogP contribution in [0.5, 0.6) is 0 Å². The van der Waals surface area contributed by atoms with Crippen molar-refractivity contribution >= 4 is 33.2 Å². The quantitative estimate of drug-likeness (QED) is 0.795. The summed E-state index contributed by atoms with van der Waals surface area (Å²) in [6, 6.07) is 0. The van der Waals surface area contributed by atoms with Crippen LogP contribution in [0.1, 0.15) is 14.7 Å². The molecule has 1 aliphatic heterocycles. The molecule has 0 aromatic carbocycles. The Morgan fingerprint density at radius 1 is 1.47 bits per heavy atom. The molecule has 94 valence electrons. The molecule has 2 heterocycles. The number of carbonyl (C=O) groups excluding carboxylic acids is 1. The molecule has 1 saturated heterocycles. The number of nitrogens with zero attached hydrogens (tertiary/aromatic N) is 3. The fraction of sp³-hybridized carbons (Fsp3) is 0.636. The topological polar surface area (TPSA) is 36.4 Å². The minimum atomic E-state index is 0.133. The lowest BCUT2D eigenvalue weighted by Gasteiger charge is -2.34. The van der Waals surface area contributed by atoms with Crippen LogP contribution in [0.25, 0.3) is 0 Å². The molecule has 1 aliphatic rings.